The van der Waals surface area contributed by atoms with E-state index in [0.717, 1.165) is 6.21 Å². The Balaban J connectivity index is 4.60. The van der Waals surface area contributed by atoms with Gasteiger partial charge in [0.15, 0.2) is 0 Å². The minimum Gasteiger partial charge on any atom is -0.394 e. The molecule has 5 heteroatoms. The SMILES string of the molecule is CN/C=C\C(=N)/C(C=N)=C/C(=N)Cl. The van der Waals surface area contributed by atoms with Gasteiger partial charge >= 0.3 is 0 Å². The largest absolute Gasteiger partial charge is 0.394 e. The van der Waals surface area contributed by atoms with Crippen molar-refractivity contribution in [3.8, 4) is 0 Å². The third-order valence-electron chi connectivity index (χ3n) is 1.17. The third-order valence-corrected chi connectivity index (χ3v) is 1.27. The van der Waals surface area contributed by atoms with Gasteiger partial charge in [0.1, 0.15) is 5.17 Å². The van der Waals surface area contributed by atoms with E-state index in [2.05, 4.69) is 5.32 Å². The molecule has 0 bridgehead atoms. The molecule has 0 radical (unpaired) electrons. The molecule has 0 atom stereocenters. The predicted molar refractivity (Wildman–Crippen MR) is 56.4 cm³/mol. The molecule has 0 unspecified atom stereocenters. The van der Waals surface area contributed by atoms with Crippen LogP contribution in [0.4, 0.5) is 0 Å². The van der Waals surface area contributed by atoms with E-state index in [9.17, 15) is 0 Å². The lowest BCUT2D eigenvalue weighted by Gasteiger charge is -1.96. The molecule has 13 heavy (non-hydrogen) atoms. The fraction of sp³-hybridized carbons (Fsp3) is 0.125. The van der Waals surface area contributed by atoms with Crippen molar-refractivity contribution in [2.75, 3.05) is 7.05 Å². The summed E-state index contributed by atoms with van der Waals surface area (Å²) in [7, 11) is 1.71. The van der Waals surface area contributed by atoms with Gasteiger partial charge in [0, 0.05) is 18.8 Å². The normalized spacial score (nSPS) is 11.4. The van der Waals surface area contributed by atoms with Crippen LogP contribution in [-0.4, -0.2) is 24.1 Å². The number of halogens is 1. The summed E-state index contributed by atoms with van der Waals surface area (Å²) in [6.07, 6.45) is 5.28. The van der Waals surface area contributed by atoms with Crippen LogP contribution in [-0.2, 0) is 0 Å². The average Bonchev–Trinajstić information content (AvgIpc) is 2.09. The lowest BCUT2D eigenvalue weighted by molar-refractivity contribution is 1.10. The van der Waals surface area contributed by atoms with Crippen molar-refractivity contribution in [3.63, 3.8) is 0 Å². The van der Waals surface area contributed by atoms with Crippen LogP contribution >= 0.6 is 11.6 Å². The molecule has 0 aliphatic heterocycles. The zero-order valence-electron chi connectivity index (χ0n) is 7.19. The van der Waals surface area contributed by atoms with Gasteiger partial charge in [0.25, 0.3) is 0 Å². The van der Waals surface area contributed by atoms with Crippen molar-refractivity contribution in [3.05, 3.63) is 23.9 Å². The van der Waals surface area contributed by atoms with Gasteiger partial charge in [0.05, 0.1) is 5.71 Å². The summed E-state index contributed by atoms with van der Waals surface area (Å²) < 4.78 is 0. The first-order valence-corrected chi connectivity index (χ1v) is 3.88. The summed E-state index contributed by atoms with van der Waals surface area (Å²) in [5, 5.41) is 23.9. The van der Waals surface area contributed by atoms with Crippen LogP contribution in [0.3, 0.4) is 0 Å². The summed E-state index contributed by atoms with van der Waals surface area (Å²) >= 11 is 5.30. The van der Waals surface area contributed by atoms with E-state index >= 15 is 0 Å². The summed E-state index contributed by atoms with van der Waals surface area (Å²) in [4.78, 5) is 0. The molecule has 4 N–H and O–H groups in total. The zero-order chi connectivity index (χ0) is 10.3. The third kappa shape index (κ3) is 4.92. The van der Waals surface area contributed by atoms with E-state index in [1.165, 1.54) is 12.2 Å². The van der Waals surface area contributed by atoms with Gasteiger partial charge in [0.2, 0.25) is 0 Å². The minimum absolute atomic E-state index is 0.134. The maximum atomic E-state index is 7.44. The maximum Gasteiger partial charge on any atom is 0.121 e. The van der Waals surface area contributed by atoms with Gasteiger partial charge in [-0.25, -0.2) is 0 Å². The fourth-order valence-electron chi connectivity index (χ4n) is 0.597. The summed E-state index contributed by atoms with van der Waals surface area (Å²) in [5.41, 5.74) is 0.432. The highest BCUT2D eigenvalue weighted by molar-refractivity contribution is 6.68. The standard InChI is InChI=1S/C8H11ClN4/c1-13-3-2-7(11)6(5-10)4-8(9)12/h2-5,10-13H,1H3/b3-2-,6-4+,10-5?,11-7?,12-8?. The Hall–Kier alpha value is -1.42. The van der Waals surface area contributed by atoms with E-state index < -0.39 is 0 Å². The van der Waals surface area contributed by atoms with Crippen molar-refractivity contribution in [1.29, 1.82) is 16.2 Å². The summed E-state index contributed by atoms with van der Waals surface area (Å²) in [5.74, 6) is 0. The second kappa shape index (κ2) is 6.14. The van der Waals surface area contributed by atoms with Gasteiger partial charge in [-0.05, 0) is 18.4 Å². The van der Waals surface area contributed by atoms with Crippen LogP contribution in [0.25, 0.3) is 0 Å². The summed E-state index contributed by atoms with van der Waals surface area (Å²) in [6.45, 7) is 0. The molecule has 70 valence electrons. The molecule has 0 aliphatic carbocycles. The molecule has 0 aromatic heterocycles. The zero-order valence-corrected chi connectivity index (χ0v) is 7.94. The molecule has 0 aromatic rings. The van der Waals surface area contributed by atoms with Crippen LogP contribution < -0.4 is 5.32 Å². The number of hydrogen-bond donors (Lipinski definition) is 4. The first-order valence-electron chi connectivity index (χ1n) is 3.50. The lowest BCUT2D eigenvalue weighted by atomic mass is 10.1. The Labute approximate surface area is 81.8 Å². The monoisotopic (exact) mass is 198 g/mol. The van der Waals surface area contributed by atoms with Crippen molar-refractivity contribution in [2.45, 2.75) is 0 Å². The Morgan fingerprint density at radius 1 is 1.38 bits per heavy atom. The molecule has 0 amide bonds. The smallest absolute Gasteiger partial charge is 0.121 e. The molecule has 0 saturated heterocycles. The maximum absolute atomic E-state index is 7.44. The first-order chi connectivity index (χ1) is 6.11. The fourth-order valence-corrected chi connectivity index (χ4v) is 0.714. The van der Waals surface area contributed by atoms with Crippen LogP contribution in [0.1, 0.15) is 0 Å². The Morgan fingerprint density at radius 2 is 2.00 bits per heavy atom. The number of hydrogen-bond acceptors (Lipinski definition) is 4. The van der Waals surface area contributed by atoms with E-state index in [4.69, 9.17) is 27.8 Å². The van der Waals surface area contributed by atoms with Crippen molar-refractivity contribution >= 4 is 28.7 Å². The first kappa shape index (κ1) is 11.6. The Morgan fingerprint density at radius 3 is 2.38 bits per heavy atom. The minimum atomic E-state index is -0.193. The highest BCUT2D eigenvalue weighted by Crippen LogP contribution is 1.97. The molecular formula is C8H11ClN4. The molecule has 0 spiro atoms. The van der Waals surface area contributed by atoms with Gasteiger partial charge in [-0.3, -0.25) is 5.41 Å². The molecule has 4 nitrogen and oxygen atoms in total. The second-order valence-electron chi connectivity index (χ2n) is 2.13. The quantitative estimate of drug-likeness (QED) is 0.497. The van der Waals surface area contributed by atoms with E-state index in [1.807, 2.05) is 0 Å². The van der Waals surface area contributed by atoms with Gasteiger partial charge < -0.3 is 16.1 Å². The van der Waals surface area contributed by atoms with Crippen LogP contribution in [0.15, 0.2) is 23.9 Å². The van der Waals surface area contributed by atoms with Crippen LogP contribution in [0, 0.1) is 16.2 Å². The van der Waals surface area contributed by atoms with Crippen LogP contribution in [0.2, 0.25) is 0 Å². The van der Waals surface area contributed by atoms with E-state index in [0.29, 0.717) is 5.57 Å². The predicted octanol–water partition coefficient (Wildman–Crippen LogP) is 1.53. The van der Waals surface area contributed by atoms with Crippen molar-refractivity contribution in [2.24, 2.45) is 0 Å². The molecule has 0 fully saturated rings. The van der Waals surface area contributed by atoms with Gasteiger partial charge in [-0.1, -0.05) is 11.6 Å². The van der Waals surface area contributed by atoms with Gasteiger partial charge in [-0.2, -0.15) is 0 Å². The molecular weight excluding hydrogens is 188 g/mol. The van der Waals surface area contributed by atoms with Crippen molar-refractivity contribution in [1.82, 2.24) is 5.32 Å². The van der Waals surface area contributed by atoms with E-state index in [-0.39, 0.29) is 10.9 Å². The Kier molecular flexibility index (Phi) is 5.47. The highest BCUT2D eigenvalue weighted by Gasteiger charge is 1.98. The van der Waals surface area contributed by atoms with Gasteiger partial charge in [-0.15, -0.1) is 0 Å². The topological polar surface area (TPSA) is 83.6 Å². The number of allylic oxidation sites excluding steroid dienone is 3. The summed E-state index contributed by atoms with van der Waals surface area (Å²) in [6, 6.07) is 0. The van der Waals surface area contributed by atoms with Crippen LogP contribution in [0.5, 0.6) is 0 Å². The van der Waals surface area contributed by atoms with E-state index in [1.54, 1.807) is 13.2 Å². The molecule has 0 saturated carbocycles. The number of rotatable bonds is 5. The average molecular weight is 199 g/mol. The molecule has 0 aliphatic rings. The second-order valence-corrected chi connectivity index (χ2v) is 2.53. The van der Waals surface area contributed by atoms with Crippen molar-refractivity contribution < 1.29 is 0 Å². The molecule has 0 heterocycles. The molecule has 0 aromatic carbocycles. The number of nitrogens with one attached hydrogen (secondary N) is 4. The molecule has 0 rings (SSSR count). The highest BCUT2D eigenvalue weighted by atomic mass is 35.5. The Bertz CT molecular complexity index is 278. The lowest BCUT2D eigenvalue weighted by Crippen LogP contribution is -2.02.